The largest absolute Gasteiger partial charge is 0.491 e. The summed E-state index contributed by atoms with van der Waals surface area (Å²) in [5.74, 6) is -1.65. The van der Waals surface area contributed by atoms with Crippen LogP contribution in [0.4, 0.5) is 13.8 Å². The first-order chi connectivity index (χ1) is 18.5. The topological polar surface area (TPSA) is 82.6 Å². The number of nitriles is 1. The Kier molecular flexibility index (Phi) is 7.16. The van der Waals surface area contributed by atoms with Crippen LogP contribution < -0.4 is 10.5 Å². The second-order valence-corrected chi connectivity index (χ2v) is 11.4. The minimum absolute atomic E-state index is 0.0300. The van der Waals surface area contributed by atoms with Crippen molar-refractivity contribution in [2.24, 2.45) is 0 Å². The SMILES string of the molecule is BC(B)=C(B)C(=C)N1CCN2C(=O)c3cc(F)c(-c4ccc(F)c5sc(N)c(C#N)c45)c(Cl)c3OCC[C@H]2C1. The first-order valence-corrected chi connectivity index (χ1v) is 13.7. The number of nitrogens with two attached hydrogens (primary N) is 1. The number of rotatable bonds is 3. The van der Waals surface area contributed by atoms with Gasteiger partial charge in [0.2, 0.25) is 0 Å². The molecule has 6 nitrogen and oxygen atoms in total. The number of hydrogen-bond donors (Lipinski definition) is 1. The van der Waals surface area contributed by atoms with E-state index in [-0.39, 0.29) is 66.7 Å². The summed E-state index contributed by atoms with van der Waals surface area (Å²) in [4.78, 5) is 17.6. The maximum Gasteiger partial charge on any atom is 0.258 e. The number of benzene rings is 2. The van der Waals surface area contributed by atoms with Crippen molar-refractivity contribution in [3.8, 4) is 22.9 Å². The van der Waals surface area contributed by atoms with Crippen LogP contribution in [0.1, 0.15) is 22.3 Å². The Balaban J connectivity index is 1.56. The molecule has 1 amide bonds. The van der Waals surface area contributed by atoms with Gasteiger partial charge >= 0.3 is 0 Å². The Labute approximate surface area is 236 Å². The van der Waals surface area contributed by atoms with Crippen LogP contribution in [-0.4, -0.2) is 71.5 Å². The van der Waals surface area contributed by atoms with E-state index in [4.69, 9.17) is 22.1 Å². The smallest absolute Gasteiger partial charge is 0.258 e. The van der Waals surface area contributed by atoms with E-state index in [9.17, 15) is 14.4 Å². The monoisotopic (exact) mass is 562 g/mol. The molecule has 3 heterocycles. The number of carbonyl (C=O) groups is 1. The van der Waals surface area contributed by atoms with Crippen LogP contribution in [-0.2, 0) is 0 Å². The van der Waals surface area contributed by atoms with Crippen LogP contribution in [0.3, 0.4) is 0 Å². The molecule has 2 aliphatic rings. The third-order valence-electron chi connectivity index (χ3n) is 7.61. The molecule has 0 radical (unpaired) electrons. The Bertz CT molecular complexity index is 1630. The summed E-state index contributed by atoms with van der Waals surface area (Å²) >= 11 is 7.65. The number of thiophene rings is 1. The third-order valence-corrected chi connectivity index (χ3v) is 9.00. The number of anilines is 1. The average Bonchev–Trinajstić information content (AvgIpc) is 3.25. The summed E-state index contributed by atoms with van der Waals surface area (Å²) in [5.41, 5.74) is 8.22. The number of amides is 1. The van der Waals surface area contributed by atoms with E-state index in [0.717, 1.165) is 28.6 Å². The normalized spacial score (nSPS) is 17.0. The molecule has 1 atom stereocenters. The quantitative estimate of drug-likeness (QED) is 0.392. The Morgan fingerprint density at radius 3 is 2.67 bits per heavy atom. The Morgan fingerprint density at radius 1 is 1.23 bits per heavy atom. The minimum atomic E-state index is -0.777. The molecule has 0 spiro atoms. The summed E-state index contributed by atoms with van der Waals surface area (Å²) in [6.07, 6.45) is 0.548. The Morgan fingerprint density at radius 2 is 1.97 bits per heavy atom. The molecule has 2 aromatic carbocycles. The van der Waals surface area contributed by atoms with Gasteiger partial charge in [0.25, 0.3) is 5.91 Å². The molecule has 0 saturated carbocycles. The fourth-order valence-corrected chi connectivity index (χ4v) is 6.55. The molecule has 2 N–H and O–H groups in total. The van der Waals surface area contributed by atoms with Gasteiger partial charge in [0.1, 0.15) is 46.2 Å². The standard InChI is InChI=1S/C26H24B3ClF2N4O2S/c1-11(20(27)24(28)29)35-5-6-36-12(10-35)4-7-38-22-14(26(36)37)8-17(32)19(21(22)30)13-2-3-16(31)23-18(13)15(9-33)25(34)39-23/h2-3,8,12H,1,4-7,10,27-29,34H2/t12-/m0/s1. The zero-order chi connectivity index (χ0) is 28.2. The van der Waals surface area contributed by atoms with Crippen molar-refractivity contribution < 1.29 is 18.3 Å². The third kappa shape index (κ3) is 4.48. The lowest BCUT2D eigenvalue weighted by Crippen LogP contribution is -2.55. The number of carbonyl (C=O) groups excluding carboxylic acids is 1. The highest BCUT2D eigenvalue weighted by atomic mass is 35.5. The van der Waals surface area contributed by atoms with E-state index >= 15 is 4.39 Å². The first-order valence-electron chi connectivity index (χ1n) is 12.5. The van der Waals surface area contributed by atoms with Crippen LogP contribution in [0.5, 0.6) is 5.75 Å². The predicted molar refractivity (Wildman–Crippen MR) is 160 cm³/mol. The second-order valence-electron chi connectivity index (χ2n) is 9.98. The molecule has 0 bridgehead atoms. The highest BCUT2D eigenvalue weighted by Gasteiger charge is 2.36. The van der Waals surface area contributed by atoms with Crippen LogP contribution in [0.25, 0.3) is 21.2 Å². The van der Waals surface area contributed by atoms with Gasteiger partial charge in [0.05, 0.1) is 33.5 Å². The zero-order valence-electron chi connectivity index (χ0n) is 21.8. The number of halogens is 3. The highest BCUT2D eigenvalue weighted by molar-refractivity contribution is 7.23. The molecule has 2 aliphatic heterocycles. The number of allylic oxidation sites excluding steroid dienone is 1. The van der Waals surface area contributed by atoms with Gasteiger partial charge in [-0.15, -0.1) is 16.7 Å². The molecule has 5 rings (SSSR count). The summed E-state index contributed by atoms with van der Waals surface area (Å²) in [5, 5.41) is 11.0. The highest BCUT2D eigenvalue weighted by Crippen LogP contribution is 2.47. The van der Waals surface area contributed by atoms with E-state index in [0.29, 0.717) is 26.1 Å². The van der Waals surface area contributed by atoms with Gasteiger partial charge in [-0.3, -0.25) is 4.79 Å². The summed E-state index contributed by atoms with van der Waals surface area (Å²) in [7, 11) is 6.12. The van der Waals surface area contributed by atoms with Gasteiger partial charge in [0.15, 0.2) is 5.75 Å². The number of nitrogens with zero attached hydrogens (tertiary/aromatic N) is 3. The molecular formula is C26H24B3ClF2N4O2S. The van der Waals surface area contributed by atoms with Crippen LogP contribution in [0.15, 0.2) is 41.3 Å². The van der Waals surface area contributed by atoms with Crippen LogP contribution in [0, 0.1) is 23.0 Å². The summed E-state index contributed by atoms with van der Waals surface area (Å²) in [6.45, 7) is 6.13. The van der Waals surface area contributed by atoms with Crippen LogP contribution in [0.2, 0.25) is 5.02 Å². The van der Waals surface area contributed by atoms with Crippen molar-refractivity contribution in [3.63, 3.8) is 0 Å². The number of nitrogen functional groups attached to an aromatic ring is 1. The van der Waals surface area contributed by atoms with Crippen molar-refractivity contribution in [2.75, 3.05) is 32.0 Å². The lowest BCUT2D eigenvalue weighted by molar-refractivity contribution is 0.0439. The summed E-state index contributed by atoms with van der Waals surface area (Å²) < 4.78 is 36.6. The van der Waals surface area contributed by atoms with E-state index in [2.05, 4.69) is 11.5 Å². The van der Waals surface area contributed by atoms with Crippen molar-refractivity contribution in [1.82, 2.24) is 9.80 Å². The molecule has 1 fully saturated rings. The molecule has 0 aliphatic carbocycles. The van der Waals surface area contributed by atoms with E-state index in [1.54, 1.807) is 4.90 Å². The molecule has 196 valence electrons. The maximum atomic E-state index is 15.8. The number of fused-ring (bicyclic) bond motifs is 3. The lowest BCUT2D eigenvalue weighted by Gasteiger charge is -2.44. The van der Waals surface area contributed by atoms with Gasteiger partial charge < -0.3 is 20.3 Å². The van der Waals surface area contributed by atoms with Gasteiger partial charge in [-0.25, -0.2) is 8.78 Å². The molecule has 3 aromatic rings. The van der Waals surface area contributed by atoms with Crippen LogP contribution >= 0.6 is 22.9 Å². The Hall–Kier alpha value is -3.42. The van der Waals surface area contributed by atoms with Gasteiger partial charge in [-0.05, 0) is 17.7 Å². The molecule has 39 heavy (non-hydrogen) atoms. The molecule has 1 aromatic heterocycles. The van der Waals surface area contributed by atoms with Gasteiger partial charge in [-0.1, -0.05) is 29.7 Å². The van der Waals surface area contributed by atoms with Crippen molar-refractivity contribution >= 4 is 67.5 Å². The second kappa shape index (κ2) is 10.3. The summed E-state index contributed by atoms with van der Waals surface area (Å²) in [6, 6.07) is 5.51. The maximum absolute atomic E-state index is 15.8. The van der Waals surface area contributed by atoms with Crippen molar-refractivity contribution in [1.29, 1.82) is 5.26 Å². The number of ether oxygens (including phenoxy) is 1. The predicted octanol–water partition coefficient (Wildman–Crippen LogP) is 2.44. The van der Waals surface area contributed by atoms with E-state index in [1.807, 2.05) is 29.6 Å². The van der Waals surface area contributed by atoms with E-state index in [1.165, 1.54) is 17.5 Å². The lowest BCUT2D eigenvalue weighted by atomic mass is 9.68. The zero-order valence-corrected chi connectivity index (χ0v) is 23.4. The number of piperazine rings is 1. The van der Waals surface area contributed by atoms with Crippen molar-refractivity contribution in [2.45, 2.75) is 12.5 Å². The van der Waals surface area contributed by atoms with Gasteiger partial charge in [0, 0.05) is 42.7 Å². The molecular weight excluding hydrogens is 538 g/mol. The first kappa shape index (κ1) is 27.2. The van der Waals surface area contributed by atoms with E-state index < -0.39 is 11.6 Å². The molecule has 13 heteroatoms. The van der Waals surface area contributed by atoms with Crippen molar-refractivity contribution in [3.05, 3.63) is 69.1 Å². The average molecular weight is 562 g/mol. The number of hydrogen-bond acceptors (Lipinski definition) is 6. The van der Waals surface area contributed by atoms with Gasteiger partial charge in [-0.2, -0.15) is 5.26 Å². The fourth-order valence-electron chi connectivity index (χ4n) is 5.25. The molecule has 1 saturated heterocycles. The minimum Gasteiger partial charge on any atom is -0.491 e. The molecule has 0 unspecified atom stereocenters. The fraction of sp³-hybridized carbons (Fsp3) is 0.231.